The second-order valence-corrected chi connectivity index (χ2v) is 7.47. The fourth-order valence-electron chi connectivity index (χ4n) is 3.33. The predicted molar refractivity (Wildman–Crippen MR) is 114 cm³/mol. The van der Waals surface area contributed by atoms with Crippen LogP contribution in [0.5, 0.6) is 5.75 Å². The van der Waals surface area contributed by atoms with Gasteiger partial charge >= 0.3 is 5.97 Å². The van der Waals surface area contributed by atoms with E-state index in [1.807, 2.05) is 48.5 Å². The number of benzene rings is 3. The summed E-state index contributed by atoms with van der Waals surface area (Å²) in [5, 5.41) is 21.9. The maximum atomic E-state index is 11.2. The van der Waals surface area contributed by atoms with Gasteiger partial charge in [0.15, 0.2) is 0 Å². The van der Waals surface area contributed by atoms with E-state index in [1.54, 1.807) is 18.2 Å². The molecule has 0 amide bonds. The topological polar surface area (TPSA) is 70.0 Å². The summed E-state index contributed by atoms with van der Waals surface area (Å²) in [7, 11) is 0. The molecule has 0 saturated carbocycles. The number of hydrogen-bond donors (Lipinski definition) is 2. The number of ether oxygens (including phenoxy) is 1. The predicted octanol–water partition coefficient (Wildman–Crippen LogP) is 4.19. The molecule has 0 aliphatic heterocycles. The molecule has 0 fully saturated rings. The van der Waals surface area contributed by atoms with E-state index in [4.69, 9.17) is 4.74 Å². The molecule has 0 spiro atoms. The average molecular weight is 393 g/mol. The molecule has 0 saturated heterocycles. The Kier molecular flexibility index (Phi) is 6.86. The van der Waals surface area contributed by atoms with Crippen molar-refractivity contribution in [3.8, 4) is 5.75 Å². The van der Waals surface area contributed by atoms with E-state index in [-0.39, 0.29) is 18.2 Å². The number of aliphatic hydroxyl groups excluding tert-OH is 1. The van der Waals surface area contributed by atoms with Crippen molar-refractivity contribution >= 4 is 16.7 Å². The standard InChI is InChI=1S/C24H27NO4/c1-17(2)25(14-18-7-5-10-20(13-18)24(27)28)15-21(26)16-29-23-12-6-9-19-8-3-4-11-22(19)23/h3-13,17,21,26H,14-16H2,1-2H3,(H,27,28). The largest absolute Gasteiger partial charge is 0.490 e. The second-order valence-electron chi connectivity index (χ2n) is 7.47. The Hall–Kier alpha value is -2.89. The summed E-state index contributed by atoms with van der Waals surface area (Å²) < 4.78 is 5.91. The van der Waals surface area contributed by atoms with E-state index in [9.17, 15) is 15.0 Å². The molecule has 1 unspecified atom stereocenters. The van der Waals surface area contributed by atoms with E-state index < -0.39 is 12.1 Å². The lowest BCUT2D eigenvalue weighted by Gasteiger charge is -2.29. The highest BCUT2D eigenvalue weighted by atomic mass is 16.5. The highest BCUT2D eigenvalue weighted by Gasteiger charge is 2.17. The molecule has 5 nitrogen and oxygen atoms in total. The fraction of sp³-hybridized carbons (Fsp3) is 0.292. The molecule has 0 radical (unpaired) electrons. The van der Waals surface area contributed by atoms with Gasteiger partial charge in [-0.3, -0.25) is 4.90 Å². The van der Waals surface area contributed by atoms with Crippen molar-refractivity contribution in [1.29, 1.82) is 0 Å². The number of fused-ring (bicyclic) bond motifs is 1. The lowest BCUT2D eigenvalue weighted by molar-refractivity contribution is 0.0547. The molecule has 152 valence electrons. The van der Waals surface area contributed by atoms with Crippen molar-refractivity contribution < 1.29 is 19.7 Å². The van der Waals surface area contributed by atoms with Gasteiger partial charge in [0.1, 0.15) is 18.5 Å². The fourth-order valence-corrected chi connectivity index (χ4v) is 3.33. The summed E-state index contributed by atoms with van der Waals surface area (Å²) in [6.45, 7) is 5.29. The summed E-state index contributed by atoms with van der Waals surface area (Å²) in [4.78, 5) is 13.3. The zero-order chi connectivity index (χ0) is 20.8. The maximum absolute atomic E-state index is 11.2. The molecular weight excluding hydrogens is 366 g/mol. The summed E-state index contributed by atoms with van der Waals surface area (Å²) in [5.41, 5.74) is 1.17. The number of aliphatic hydroxyl groups is 1. The minimum absolute atomic E-state index is 0.187. The molecular formula is C24H27NO4. The second kappa shape index (κ2) is 9.54. The SMILES string of the molecule is CC(C)N(Cc1cccc(C(=O)O)c1)CC(O)COc1cccc2ccccc12. The van der Waals surface area contributed by atoms with Gasteiger partial charge in [-0.1, -0.05) is 48.5 Å². The van der Waals surface area contributed by atoms with Gasteiger partial charge in [-0.15, -0.1) is 0 Å². The zero-order valence-corrected chi connectivity index (χ0v) is 16.8. The van der Waals surface area contributed by atoms with Crippen molar-refractivity contribution in [1.82, 2.24) is 4.90 Å². The van der Waals surface area contributed by atoms with Crippen molar-refractivity contribution in [2.45, 2.75) is 32.5 Å². The Morgan fingerprint density at radius 1 is 1.03 bits per heavy atom. The van der Waals surface area contributed by atoms with Crippen LogP contribution in [0.1, 0.15) is 29.8 Å². The Morgan fingerprint density at radius 2 is 1.76 bits per heavy atom. The van der Waals surface area contributed by atoms with Crippen LogP contribution in [0, 0.1) is 0 Å². The lowest BCUT2D eigenvalue weighted by atomic mass is 10.1. The van der Waals surface area contributed by atoms with Crippen molar-refractivity contribution in [3.63, 3.8) is 0 Å². The van der Waals surface area contributed by atoms with Crippen LogP contribution in [0.4, 0.5) is 0 Å². The first kappa shape index (κ1) is 20.8. The van der Waals surface area contributed by atoms with Gasteiger partial charge in [0, 0.05) is 24.5 Å². The summed E-state index contributed by atoms with van der Waals surface area (Å²) in [5.74, 6) is -0.182. The van der Waals surface area contributed by atoms with Gasteiger partial charge in [0.05, 0.1) is 5.56 Å². The first-order valence-corrected chi connectivity index (χ1v) is 9.79. The molecule has 3 rings (SSSR count). The molecule has 0 heterocycles. The molecule has 29 heavy (non-hydrogen) atoms. The lowest BCUT2D eigenvalue weighted by Crippen LogP contribution is -2.39. The highest BCUT2D eigenvalue weighted by molar-refractivity contribution is 5.88. The normalized spacial score (nSPS) is 12.4. The first-order chi connectivity index (χ1) is 13.9. The van der Waals surface area contributed by atoms with Gasteiger partial charge in [-0.05, 0) is 43.0 Å². The van der Waals surface area contributed by atoms with Crippen LogP contribution < -0.4 is 4.74 Å². The average Bonchev–Trinajstić information content (AvgIpc) is 2.71. The summed E-state index contributed by atoms with van der Waals surface area (Å²) in [6, 6.07) is 21.0. The number of rotatable bonds is 9. The first-order valence-electron chi connectivity index (χ1n) is 9.79. The molecule has 2 N–H and O–H groups in total. The van der Waals surface area contributed by atoms with E-state index in [2.05, 4.69) is 18.7 Å². The number of nitrogens with zero attached hydrogens (tertiary/aromatic N) is 1. The number of aromatic carboxylic acids is 1. The number of carbonyl (C=O) groups is 1. The van der Waals surface area contributed by atoms with Crippen LogP contribution in [0.2, 0.25) is 0 Å². The Labute approximate surface area is 171 Å². The van der Waals surface area contributed by atoms with E-state index >= 15 is 0 Å². The minimum Gasteiger partial charge on any atom is -0.490 e. The van der Waals surface area contributed by atoms with Gasteiger partial charge in [-0.2, -0.15) is 0 Å². The Bertz CT molecular complexity index is 965. The van der Waals surface area contributed by atoms with Crippen LogP contribution in [0.25, 0.3) is 10.8 Å². The van der Waals surface area contributed by atoms with Crippen LogP contribution in [-0.2, 0) is 6.54 Å². The summed E-state index contributed by atoms with van der Waals surface area (Å²) in [6.07, 6.45) is -0.668. The number of carboxylic acids is 1. The van der Waals surface area contributed by atoms with E-state index in [1.165, 1.54) is 0 Å². The third-order valence-corrected chi connectivity index (χ3v) is 4.92. The van der Waals surface area contributed by atoms with Gasteiger partial charge in [-0.25, -0.2) is 4.79 Å². The van der Waals surface area contributed by atoms with E-state index in [0.717, 1.165) is 22.1 Å². The quantitative estimate of drug-likeness (QED) is 0.570. The highest BCUT2D eigenvalue weighted by Crippen LogP contribution is 2.25. The summed E-state index contributed by atoms with van der Waals surface area (Å²) >= 11 is 0. The van der Waals surface area contributed by atoms with Gasteiger partial charge in [0.2, 0.25) is 0 Å². The van der Waals surface area contributed by atoms with E-state index in [0.29, 0.717) is 13.1 Å². The Morgan fingerprint density at radius 3 is 2.52 bits per heavy atom. The van der Waals surface area contributed by atoms with Crippen molar-refractivity contribution in [2.75, 3.05) is 13.2 Å². The molecule has 0 aliphatic carbocycles. The third kappa shape index (κ3) is 5.56. The van der Waals surface area contributed by atoms with Crippen LogP contribution in [-0.4, -0.2) is 46.4 Å². The molecule has 0 aliphatic rings. The molecule has 0 aromatic heterocycles. The molecule has 0 bridgehead atoms. The smallest absolute Gasteiger partial charge is 0.335 e. The van der Waals surface area contributed by atoms with Crippen molar-refractivity contribution in [3.05, 3.63) is 77.9 Å². The number of carboxylic acid groups (broad SMARTS) is 1. The third-order valence-electron chi connectivity index (χ3n) is 4.92. The Balaban J connectivity index is 1.63. The molecule has 3 aromatic carbocycles. The minimum atomic E-state index is -0.938. The van der Waals surface area contributed by atoms with Crippen LogP contribution in [0.15, 0.2) is 66.7 Å². The number of hydrogen-bond acceptors (Lipinski definition) is 4. The van der Waals surface area contributed by atoms with Crippen molar-refractivity contribution in [2.24, 2.45) is 0 Å². The van der Waals surface area contributed by atoms with Crippen LogP contribution in [0.3, 0.4) is 0 Å². The van der Waals surface area contributed by atoms with Crippen LogP contribution >= 0.6 is 0 Å². The van der Waals surface area contributed by atoms with Gasteiger partial charge < -0.3 is 14.9 Å². The molecule has 3 aromatic rings. The maximum Gasteiger partial charge on any atom is 0.335 e. The molecule has 1 atom stereocenters. The van der Waals surface area contributed by atoms with Gasteiger partial charge in [0.25, 0.3) is 0 Å². The zero-order valence-electron chi connectivity index (χ0n) is 16.8. The molecule has 5 heteroatoms. The monoisotopic (exact) mass is 393 g/mol.